The first-order valence-electron chi connectivity index (χ1n) is 8.12. The molecule has 0 spiro atoms. The van der Waals surface area contributed by atoms with Crippen LogP contribution in [0.25, 0.3) is 0 Å². The van der Waals surface area contributed by atoms with Crippen molar-refractivity contribution in [1.29, 1.82) is 0 Å². The van der Waals surface area contributed by atoms with Gasteiger partial charge in [0, 0.05) is 31.9 Å². The lowest BCUT2D eigenvalue weighted by Crippen LogP contribution is -2.29. The van der Waals surface area contributed by atoms with E-state index in [2.05, 4.69) is 22.3 Å². The second-order valence-corrected chi connectivity index (χ2v) is 5.75. The first-order chi connectivity index (χ1) is 9.83. The molecule has 0 aromatic carbocycles. The molecule has 1 aromatic heterocycles. The van der Waals surface area contributed by atoms with Crippen LogP contribution in [0.3, 0.4) is 0 Å². The Morgan fingerprint density at radius 1 is 1.40 bits per heavy atom. The highest BCUT2D eigenvalue weighted by atomic mass is 16.5. The third-order valence-corrected chi connectivity index (χ3v) is 4.29. The molecule has 1 aliphatic rings. The standard InChI is InChI=1S/C16H29N3O/c1-3-20-12-10-14(17-2)13-15-9-11-19(18-15)16-7-5-4-6-8-16/h9,11,14,16-17H,3-8,10,12-13H2,1-2H3. The summed E-state index contributed by atoms with van der Waals surface area (Å²) >= 11 is 0. The maximum absolute atomic E-state index is 5.44. The number of ether oxygens (including phenoxy) is 1. The van der Waals surface area contributed by atoms with Gasteiger partial charge in [-0.15, -0.1) is 0 Å². The monoisotopic (exact) mass is 279 g/mol. The van der Waals surface area contributed by atoms with E-state index in [0.29, 0.717) is 12.1 Å². The summed E-state index contributed by atoms with van der Waals surface area (Å²) < 4.78 is 7.64. The van der Waals surface area contributed by atoms with Gasteiger partial charge in [0.05, 0.1) is 11.7 Å². The molecular formula is C16H29N3O. The van der Waals surface area contributed by atoms with Crippen molar-refractivity contribution in [2.24, 2.45) is 0 Å². The minimum atomic E-state index is 0.455. The number of likely N-dealkylation sites (N-methyl/N-ethyl adjacent to an activating group) is 1. The molecule has 114 valence electrons. The second kappa shape index (κ2) is 8.42. The number of rotatable bonds is 8. The van der Waals surface area contributed by atoms with Crippen molar-refractivity contribution < 1.29 is 4.74 Å². The van der Waals surface area contributed by atoms with Crippen LogP contribution in [-0.4, -0.2) is 36.1 Å². The average Bonchev–Trinajstić information content (AvgIpc) is 2.96. The van der Waals surface area contributed by atoms with Crippen LogP contribution in [-0.2, 0) is 11.2 Å². The summed E-state index contributed by atoms with van der Waals surface area (Å²) in [5, 5.41) is 8.15. The highest BCUT2D eigenvalue weighted by molar-refractivity contribution is 5.02. The van der Waals surface area contributed by atoms with Gasteiger partial charge in [-0.25, -0.2) is 0 Å². The summed E-state index contributed by atoms with van der Waals surface area (Å²) in [7, 11) is 2.02. The quantitative estimate of drug-likeness (QED) is 0.744. The smallest absolute Gasteiger partial charge is 0.0640 e. The van der Waals surface area contributed by atoms with Gasteiger partial charge in [-0.1, -0.05) is 19.3 Å². The average molecular weight is 279 g/mol. The molecule has 1 unspecified atom stereocenters. The fraction of sp³-hybridized carbons (Fsp3) is 0.812. The van der Waals surface area contributed by atoms with Gasteiger partial charge in [-0.3, -0.25) is 4.68 Å². The van der Waals surface area contributed by atoms with Crippen molar-refractivity contribution in [3.8, 4) is 0 Å². The molecule has 0 radical (unpaired) electrons. The Morgan fingerprint density at radius 2 is 2.20 bits per heavy atom. The zero-order valence-electron chi connectivity index (χ0n) is 13.0. The van der Waals surface area contributed by atoms with Crippen molar-refractivity contribution in [3.63, 3.8) is 0 Å². The number of nitrogens with one attached hydrogen (secondary N) is 1. The maximum Gasteiger partial charge on any atom is 0.0640 e. The van der Waals surface area contributed by atoms with Crippen molar-refractivity contribution in [1.82, 2.24) is 15.1 Å². The Kier molecular flexibility index (Phi) is 6.54. The molecule has 0 amide bonds. The number of aromatic nitrogens is 2. The van der Waals surface area contributed by atoms with Crippen LogP contribution >= 0.6 is 0 Å². The highest BCUT2D eigenvalue weighted by Crippen LogP contribution is 2.27. The Labute approximate surface area is 122 Å². The zero-order valence-corrected chi connectivity index (χ0v) is 13.0. The molecule has 0 bridgehead atoms. The number of hydrogen-bond donors (Lipinski definition) is 1. The summed E-state index contributed by atoms with van der Waals surface area (Å²) in [5.41, 5.74) is 1.20. The van der Waals surface area contributed by atoms with Gasteiger partial charge < -0.3 is 10.1 Å². The molecule has 4 heteroatoms. The lowest BCUT2D eigenvalue weighted by Gasteiger charge is -2.22. The van der Waals surface area contributed by atoms with E-state index >= 15 is 0 Å². The van der Waals surface area contributed by atoms with E-state index in [9.17, 15) is 0 Å². The van der Waals surface area contributed by atoms with Crippen LogP contribution in [0, 0.1) is 0 Å². The lowest BCUT2D eigenvalue weighted by molar-refractivity contribution is 0.137. The van der Waals surface area contributed by atoms with Crippen LogP contribution in [0.1, 0.15) is 57.2 Å². The largest absolute Gasteiger partial charge is 0.382 e. The first-order valence-corrected chi connectivity index (χ1v) is 8.12. The van der Waals surface area contributed by atoms with Gasteiger partial charge in [-0.05, 0) is 39.3 Å². The fourth-order valence-corrected chi connectivity index (χ4v) is 3.01. The van der Waals surface area contributed by atoms with Crippen molar-refractivity contribution in [2.75, 3.05) is 20.3 Å². The minimum Gasteiger partial charge on any atom is -0.382 e. The molecule has 0 aliphatic heterocycles. The molecule has 1 aromatic rings. The molecular weight excluding hydrogens is 250 g/mol. The number of hydrogen-bond acceptors (Lipinski definition) is 3. The zero-order chi connectivity index (χ0) is 14.2. The maximum atomic E-state index is 5.44. The van der Waals surface area contributed by atoms with Crippen molar-refractivity contribution in [3.05, 3.63) is 18.0 Å². The van der Waals surface area contributed by atoms with Crippen LogP contribution in [0.4, 0.5) is 0 Å². The Morgan fingerprint density at radius 3 is 2.90 bits per heavy atom. The fourth-order valence-electron chi connectivity index (χ4n) is 3.01. The van der Waals surface area contributed by atoms with E-state index in [1.165, 1.54) is 37.8 Å². The van der Waals surface area contributed by atoms with E-state index in [1.54, 1.807) is 0 Å². The van der Waals surface area contributed by atoms with Crippen LogP contribution in [0.15, 0.2) is 12.3 Å². The highest BCUT2D eigenvalue weighted by Gasteiger charge is 2.17. The van der Waals surface area contributed by atoms with Crippen molar-refractivity contribution in [2.45, 2.75) is 64.0 Å². The Hall–Kier alpha value is -0.870. The van der Waals surface area contributed by atoms with E-state index < -0.39 is 0 Å². The number of nitrogens with zero attached hydrogens (tertiary/aromatic N) is 2. The van der Waals surface area contributed by atoms with Gasteiger partial charge in [0.15, 0.2) is 0 Å². The topological polar surface area (TPSA) is 39.1 Å². The molecule has 1 aliphatic carbocycles. The Balaban J connectivity index is 1.84. The minimum absolute atomic E-state index is 0.455. The van der Waals surface area contributed by atoms with E-state index in [1.807, 2.05) is 14.0 Å². The molecule has 1 saturated carbocycles. The van der Waals surface area contributed by atoms with Gasteiger partial charge in [-0.2, -0.15) is 5.10 Å². The first kappa shape index (κ1) is 15.5. The summed E-state index contributed by atoms with van der Waals surface area (Å²) in [4.78, 5) is 0. The molecule has 0 saturated heterocycles. The predicted octanol–water partition coefficient (Wildman–Crippen LogP) is 2.95. The van der Waals surface area contributed by atoms with Crippen molar-refractivity contribution >= 4 is 0 Å². The van der Waals surface area contributed by atoms with Crippen LogP contribution < -0.4 is 5.32 Å². The normalized spacial score (nSPS) is 18.3. The molecule has 4 nitrogen and oxygen atoms in total. The SMILES string of the molecule is CCOCCC(Cc1ccn(C2CCCCC2)n1)NC. The summed E-state index contributed by atoms with van der Waals surface area (Å²) in [6.07, 6.45) is 10.9. The van der Waals surface area contributed by atoms with E-state index in [4.69, 9.17) is 9.84 Å². The molecule has 1 atom stereocenters. The molecule has 1 fully saturated rings. The molecule has 20 heavy (non-hydrogen) atoms. The summed E-state index contributed by atoms with van der Waals surface area (Å²) in [6.45, 7) is 3.66. The Bertz CT molecular complexity index is 372. The van der Waals surface area contributed by atoms with Gasteiger partial charge in [0.25, 0.3) is 0 Å². The predicted molar refractivity (Wildman–Crippen MR) is 82.0 cm³/mol. The van der Waals surface area contributed by atoms with E-state index in [-0.39, 0.29) is 0 Å². The molecule has 2 rings (SSSR count). The molecule has 1 N–H and O–H groups in total. The van der Waals surface area contributed by atoms with Crippen LogP contribution in [0.2, 0.25) is 0 Å². The third kappa shape index (κ3) is 4.60. The van der Waals surface area contributed by atoms with Gasteiger partial charge in [0.2, 0.25) is 0 Å². The van der Waals surface area contributed by atoms with Gasteiger partial charge in [0.1, 0.15) is 0 Å². The second-order valence-electron chi connectivity index (χ2n) is 5.75. The summed E-state index contributed by atoms with van der Waals surface area (Å²) in [6, 6.07) is 3.27. The molecule has 1 heterocycles. The summed E-state index contributed by atoms with van der Waals surface area (Å²) in [5.74, 6) is 0. The van der Waals surface area contributed by atoms with E-state index in [0.717, 1.165) is 26.1 Å². The van der Waals surface area contributed by atoms with Gasteiger partial charge >= 0.3 is 0 Å². The third-order valence-electron chi connectivity index (χ3n) is 4.29. The van der Waals surface area contributed by atoms with Crippen LogP contribution in [0.5, 0.6) is 0 Å². The lowest BCUT2D eigenvalue weighted by atomic mass is 9.96.